The maximum atomic E-state index is 12.3. The summed E-state index contributed by atoms with van der Waals surface area (Å²) in [7, 11) is 0. The second-order valence-electron chi connectivity index (χ2n) is 6.27. The van der Waals surface area contributed by atoms with Gasteiger partial charge in [-0.2, -0.15) is 0 Å². The Morgan fingerprint density at radius 3 is 2.79 bits per heavy atom. The maximum absolute atomic E-state index is 12.3. The molecule has 1 unspecified atom stereocenters. The van der Waals surface area contributed by atoms with Crippen molar-refractivity contribution in [3.8, 4) is 0 Å². The molecule has 2 fully saturated rings. The molecule has 2 N–H and O–H groups in total. The van der Waals surface area contributed by atoms with Crippen LogP contribution in [-0.4, -0.2) is 64.6 Å². The zero-order valence-electron chi connectivity index (χ0n) is 14.1. The molecule has 1 aromatic rings. The molecule has 0 spiro atoms. The number of amides is 1. The molecular weight excluding hydrogens is 351 g/mol. The molecule has 0 radical (unpaired) electrons. The van der Waals surface area contributed by atoms with Gasteiger partial charge in [0, 0.05) is 12.6 Å². The van der Waals surface area contributed by atoms with E-state index in [1.54, 1.807) is 6.20 Å². The van der Waals surface area contributed by atoms with Crippen LogP contribution < -0.4 is 10.6 Å². The number of rotatable bonds is 4. The number of piperidine rings is 2. The van der Waals surface area contributed by atoms with Crippen molar-refractivity contribution in [1.82, 2.24) is 30.5 Å². The molecule has 2 saturated heterocycles. The first-order valence-electron chi connectivity index (χ1n) is 8.42. The molecule has 1 amide bonds. The number of halogens is 2. The molecule has 2 aliphatic heterocycles. The zero-order valence-corrected chi connectivity index (χ0v) is 15.7. The Bertz CT molecular complexity index is 506. The maximum Gasteiger partial charge on any atom is 0.273 e. The topological polar surface area (TPSA) is 75.1 Å². The van der Waals surface area contributed by atoms with Crippen LogP contribution in [0.1, 0.15) is 49.1 Å². The van der Waals surface area contributed by atoms with Gasteiger partial charge in [0.2, 0.25) is 0 Å². The number of aromatic nitrogens is 3. The average Bonchev–Trinajstić information content (AvgIpc) is 3.06. The molecule has 1 atom stereocenters. The molecule has 7 nitrogen and oxygen atoms in total. The molecule has 3 heterocycles. The van der Waals surface area contributed by atoms with E-state index in [1.165, 1.54) is 0 Å². The fourth-order valence-corrected chi connectivity index (χ4v) is 3.35. The van der Waals surface area contributed by atoms with Crippen LogP contribution in [0.4, 0.5) is 0 Å². The number of hydrogen-bond acceptors (Lipinski definition) is 5. The third kappa shape index (κ3) is 5.31. The van der Waals surface area contributed by atoms with E-state index in [9.17, 15) is 4.79 Å². The molecule has 2 aliphatic rings. The second-order valence-corrected chi connectivity index (χ2v) is 6.27. The fraction of sp³-hybridized carbons (Fsp3) is 0.800. The van der Waals surface area contributed by atoms with Gasteiger partial charge in [0.15, 0.2) is 5.69 Å². The molecule has 138 valence electrons. The lowest BCUT2D eigenvalue weighted by atomic mass is 10.1. The van der Waals surface area contributed by atoms with Gasteiger partial charge in [-0.1, -0.05) is 12.1 Å². The standard InChI is InChI=1S/C15H26N6O.2ClH/c1-2-20-9-3-4-12(10-20)17-15(22)14-11-21(19-18-14)13-5-7-16-8-6-13;;/h11-13,16H,2-10H2,1H3,(H,17,22);2*1H. The van der Waals surface area contributed by atoms with E-state index < -0.39 is 0 Å². The van der Waals surface area contributed by atoms with Gasteiger partial charge >= 0.3 is 0 Å². The van der Waals surface area contributed by atoms with Crippen LogP contribution in [0.25, 0.3) is 0 Å². The van der Waals surface area contributed by atoms with Crippen molar-refractivity contribution in [2.24, 2.45) is 0 Å². The minimum Gasteiger partial charge on any atom is -0.347 e. The van der Waals surface area contributed by atoms with Gasteiger partial charge in [0.05, 0.1) is 12.2 Å². The summed E-state index contributed by atoms with van der Waals surface area (Å²) in [5.41, 5.74) is 0.437. The first-order valence-corrected chi connectivity index (χ1v) is 8.42. The molecule has 3 rings (SSSR count). The van der Waals surface area contributed by atoms with Gasteiger partial charge in [-0.15, -0.1) is 29.9 Å². The van der Waals surface area contributed by atoms with Crippen LogP contribution in [0, 0.1) is 0 Å². The summed E-state index contributed by atoms with van der Waals surface area (Å²) in [6.07, 6.45) is 6.06. The summed E-state index contributed by atoms with van der Waals surface area (Å²) in [4.78, 5) is 14.7. The Hall–Kier alpha value is -0.890. The number of nitrogens with one attached hydrogen (secondary N) is 2. The van der Waals surface area contributed by atoms with E-state index in [0.29, 0.717) is 11.7 Å². The van der Waals surface area contributed by atoms with E-state index >= 15 is 0 Å². The summed E-state index contributed by atoms with van der Waals surface area (Å²) >= 11 is 0. The Balaban J connectivity index is 0.00000144. The summed E-state index contributed by atoms with van der Waals surface area (Å²) in [6.45, 7) is 7.27. The van der Waals surface area contributed by atoms with E-state index in [2.05, 4.69) is 32.8 Å². The van der Waals surface area contributed by atoms with Crippen molar-refractivity contribution in [2.45, 2.75) is 44.7 Å². The minimum absolute atomic E-state index is 0. The summed E-state index contributed by atoms with van der Waals surface area (Å²) in [5.74, 6) is -0.0943. The lowest BCUT2D eigenvalue weighted by Gasteiger charge is -2.32. The summed E-state index contributed by atoms with van der Waals surface area (Å²) in [5, 5.41) is 14.7. The lowest BCUT2D eigenvalue weighted by molar-refractivity contribution is 0.0900. The average molecular weight is 379 g/mol. The number of likely N-dealkylation sites (N-methyl/N-ethyl adjacent to an activating group) is 1. The normalized spacial score (nSPS) is 22.3. The quantitative estimate of drug-likeness (QED) is 0.824. The largest absolute Gasteiger partial charge is 0.347 e. The molecule has 0 saturated carbocycles. The highest BCUT2D eigenvalue weighted by Crippen LogP contribution is 2.17. The van der Waals surface area contributed by atoms with Gasteiger partial charge in [0.1, 0.15) is 0 Å². The van der Waals surface area contributed by atoms with Crippen molar-refractivity contribution >= 4 is 30.7 Å². The predicted molar refractivity (Wildman–Crippen MR) is 98.3 cm³/mol. The molecule has 1 aromatic heterocycles. The molecule has 0 aliphatic carbocycles. The van der Waals surface area contributed by atoms with E-state index in [1.807, 2.05) is 4.68 Å². The highest BCUT2D eigenvalue weighted by Gasteiger charge is 2.23. The highest BCUT2D eigenvalue weighted by atomic mass is 35.5. The van der Waals surface area contributed by atoms with Crippen LogP contribution in [0.2, 0.25) is 0 Å². The smallest absolute Gasteiger partial charge is 0.273 e. The predicted octanol–water partition coefficient (Wildman–Crippen LogP) is 1.26. The van der Waals surface area contributed by atoms with Crippen LogP contribution in [0.3, 0.4) is 0 Å². The van der Waals surface area contributed by atoms with Crippen molar-refractivity contribution in [1.29, 1.82) is 0 Å². The Kier molecular flexibility index (Phi) is 8.97. The monoisotopic (exact) mass is 378 g/mol. The van der Waals surface area contributed by atoms with Gasteiger partial charge in [-0.3, -0.25) is 4.79 Å². The SMILES string of the molecule is CCN1CCCC(NC(=O)c2cn(C3CCNCC3)nn2)C1.Cl.Cl. The van der Waals surface area contributed by atoms with Gasteiger partial charge in [-0.05, 0) is 51.9 Å². The third-order valence-corrected chi connectivity index (χ3v) is 4.71. The highest BCUT2D eigenvalue weighted by molar-refractivity contribution is 5.92. The van der Waals surface area contributed by atoms with E-state index in [4.69, 9.17) is 0 Å². The summed E-state index contributed by atoms with van der Waals surface area (Å²) < 4.78 is 1.86. The molecule has 24 heavy (non-hydrogen) atoms. The molecular formula is C15H28Cl2N6O. The Morgan fingerprint density at radius 2 is 2.08 bits per heavy atom. The number of nitrogens with zero attached hydrogens (tertiary/aromatic N) is 4. The number of hydrogen-bond donors (Lipinski definition) is 2. The summed E-state index contributed by atoms with van der Waals surface area (Å²) in [6, 6.07) is 0.589. The molecule has 0 bridgehead atoms. The second kappa shape index (κ2) is 10.2. The van der Waals surface area contributed by atoms with Crippen LogP contribution in [0.5, 0.6) is 0 Å². The van der Waals surface area contributed by atoms with E-state index in [-0.39, 0.29) is 36.8 Å². The number of likely N-dealkylation sites (tertiary alicyclic amines) is 1. The number of carbonyl (C=O) groups excluding carboxylic acids is 1. The van der Waals surface area contributed by atoms with Crippen molar-refractivity contribution in [2.75, 3.05) is 32.7 Å². The zero-order chi connectivity index (χ0) is 15.4. The van der Waals surface area contributed by atoms with Gasteiger partial charge in [0.25, 0.3) is 5.91 Å². The Labute approximate surface area is 155 Å². The minimum atomic E-state index is -0.0943. The van der Waals surface area contributed by atoms with Crippen LogP contribution >= 0.6 is 24.8 Å². The number of carbonyl (C=O) groups is 1. The Morgan fingerprint density at radius 1 is 1.33 bits per heavy atom. The molecule has 0 aromatic carbocycles. The van der Waals surface area contributed by atoms with Crippen LogP contribution in [-0.2, 0) is 0 Å². The van der Waals surface area contributed by atoms with Crippen molar-refractivity contribution in [3.63, 3.8) is 0 Å². The van der Waals surface area contributed by atoms with Crippen molar-refractivity contribution in [3.05, 3.63) is 11.9 Å². The van der Waals surface area contributed by atoms with E-state index in [0.717, 1.165) is 58.4 Å². The lowest BCUT2D eigenvalue weighted by Crippen LogP contribution is -2.47. The fourth-order valence-electron chi connectivity index (χ4n) is 3.35. The van der Waals surface area contributed by atoms with Crippen molar-refractivity contribution < 1.29 is 4.79 Å². The molecule has 9 heteroatoms. The van der Waals surface area contributed by atoms with Gasteiger partial charge in [-0.25, -0.2) is 4.68 Å². The van der Waals surface area contributed by atoms with Crippen LogP contribution in [0.15, 0.2) is 6.20 Å². The first-order chi connectivity index (χ1) is 10.8. The third-order valence-electron chi connectivity index (χ3n) is 4.71. The van der Waals surface area contributed by atoms with Gasteiger partial charge < -0.3 is 15.5 Å². The first kappa shape index (κ1) is 21.2.